The van der Waals surface area contributed by atoms with Crippen LogP contribution in [-0.2, 0) is 0 Å². The van der Waals surface area contributed by atoms with Gasteiger partial charge in [0.15, 0.2) is 0 Å². The summed E-state index contributed by atoms with van der Waals surface area (Å²) >= 11 is 5.88. The molecule has 0 aliphatic carbocycles. The lowest BCUT2D eigenvalue weighted by molar-refractivity contribution is 0.629. The summed E-state index contributed by atoms with van der Waals surface area (Å²) in [4.78, 5) is 18.7. The number of fused-ring (bicyclic) bond motifs is 3. The van der Waals surface area contributed by atoms with Gasteiger partial charge in [0.1, 0.15) is 16.6 Å². The van der Waals surface area contributed by atoms with Gasteiger partial charge in [0.25, 0.3) is 5.56 Å². The van der Waals surface area contributed by atoms with Crippen molar-refractivity contribution in [2.75, 3.05) is 0 Å². The average Bonchev–Trinajstić information content (AvgIpc) is 2.91. The molecule has 0 bridgehead atoms. The Bertz CT molecular complexity index is 1090. The Morgan fingerprint density at radius 2 is 2.05 bits per heavy atom. The lowest BCUT2D eigenvalue weighted by Gasteiger charge is -2.00. The minimum absolute atomic E-state index is 0.290. The lowest BCUT2D eigenvalue weighted by Crippen LogP contribution is -2.10. The molecule has 0 atom stereocenters. The smallest absolute Gasteiger partial charge is 0.259 e. The van der Waals surface area contributed by atoms with Crippen LogP contribution < -0.4 is 5.56 Å². The fourth-order valence-corrected chi connectivity index (χ4v) is 2.59. The number of nitrogens with zero attached hydrogens (tertiary/aromatic N) is 3. The van der Waals surface area contributed by atoms with Crippen molar-refractivity contribution >= 4 is 28.2 Å². The molecule has 0 aliphatic heterocycles. The summed E-state index contributed by atoms with van der Waals surface area (Å²) in [6.45, 7) is 0. The monoisotopic (exact) mass is 314 g/mol. The predicted octanol–water partition coefficient (Wildman–Crippen LogP) is 3.03. The van der Waals surface area contributed by atoms with Gasteiger partial charge in [-0.3, -0.25) is 4.79 Å². The van der Waals surface area contributed by atoms with Crippen LogP contribution in [0.4, 0.5) is 4.39 Å². The second-order valence-corrected chi connectivity index (χ2v) is 5.20. The van der Waals surface area contributed by atoms with E-state index in [1.165, 1.54) is 22.7 Å². The maximum absolute atomic E-state index is 13.5. The number of aromatic nitrogens is 4. The van der Waals surface area contributed by atoms with E-state index in [9.17, 15) is 9.18 Å². The Hall–Kier alpha value is -2.73. The van der Waals surface area contributed by atoms with Crippen LogP contribution in [0.2, 0.25) is 5.15 Å². The summed E-state index contributed by atoms with van der Waals surface area (Å²) in [5.74, 6) is -0.427. The minimum atomic E-state index is -0.427. The molecule has 4 rings (SSSR count). The molecular weight excluding hydrogens is 307 g/mol. The van der Waals surface area contributed by atoms with Gasteiger partial charge in [-0.1, -0.05) is 11.6 Å². The Morgan fingerprint density at radius 3 is 2.86 bits per heavy atom. The molecule has 4 aromatic rings. The second kappa shape index (κ2) is 4.64. The molecule has 0 radical (unpaired) electrons. The Labute approximate surface area is 128 Å². The number of pyridine rings is 1. The van der Waals surface area contributed by atoms with Crippen LogP contribution in [0, 0.1) is 5.82 Å². The Kier molecular flexibility index (Phi) is 2.74. The van der Waals surface area contributed by atoms with E-state index in [1.54, 1.807) is 24.4 Å². The van der Waals surface area contributed by atoms with Gasteiger partial charge < -0.3 is 4.98 Å². The van der Waals surface area contributed by atoms with Gasteiger partial charge in [-0.2, -0.15) is 5.10 Å². The summed E-state index contributed by atoms with van der Waals surface area (Å²) in [5, 5.41) is 5.15. The van der Waals surface area contributed by atoms with Gasteiger partial charge in [0, 0.05) is 23.9 Å². The van der Waals surface area contributed by atoms with Crippen molar-refractivity contribution in [3.8, 4) is 11.3 Å². The summed E-state index contributed by atoms with van der Waals surface area (Å²) in [7, 11) is 0. The SMILES string of the molecule is O=c1[nH]c2cc(-c3ccnc(Cl)c3)nn2c2cc(F)ccc12. The van der Waals surface area contributed by atoms with E-state index >= 15 is 0 Å². The molecule has 0 fully saturated rings. The van der Waals surface area contributed by atoms with Crippen molar-refractivity contribution in [3.05, 3.63) is 63.9 Å². The molecule has 108 valence electrons. The van der Waals surface area contributed by atoms with Gasteiger partial charge in [-0.15, -0.1) is 0 Å². The molecular formula is C15H8ClFN4O. The third-order valence-electron chi connectivity index (χ3n) is 3.41. The van der Waals surface area contributed by atoms with Gasteiger partial charge in [-0.05, 0) is 24.3 Å². The van der Waals surface area contributed by atoms with Gasteiger partial charge in [0.2, 0.25) is 0 Å². The highest BCUT2D eigenvalue weighted by molar-refractivity contribution is 6.29. The standard InChI is InChI=1S/C15H8ClFN4O/c16-13-5-8(3-4-18-13)11-7-14-19-15(22)10-2-1-9(17)6-12(10)21(14)20-11/h1-7H,(H,19,22). The first-order chi connectivity index (χ1) is 10.6. The van der Waals surface area contributed by atoms with Crippen LogP contribution in [0.15, 0.2) is 47.4 Å². The van der Waals surface area contributed by atoms with Crippen LogP contribution in [-0.4, -0.2) is 19.6 Å². The van der Waals surface area contributed by atoms with E-state index in [4.69, 9.17) is 11.6 Å². The van der Waals surface area contributed by atoms with Gasteiger partial charge in [-0.25, -0.2) is 13.9 Å². The van der Waals surface area contributed by atoms with Crippen LogP contribution in [0.1, 0.15) is 0 Å². The number of hydrogen-bond donors (Lipinski definition) is 1. The van der Waals surface area contributed by atoms with Crippen LogP contribution in [0.3, 0.4) is 0 Å². The number of halogens is 2. The maximum atomic E-state index is 13.5. The zero-order chi connectivity index (χ0) is 15.3. The first-order valence-electron chi connectivity index (χ1n) is 6.45. The zero-order valence-corrected chi connectivity index (χ0v) is 11.8. The quantitative estimate of drug-likeness (QED) is 0.549. The van der Waals surface area contributed by atoms with E-state index in [2.05, 4.69) is 15.1 Å². The summed E-state index contributed by atoms with van der Waals surface area (Å²) in [5.41, 5.74) is 1.96. The molecule has 0 amide bonds. The van der Waals surface area contributed by atoms with Crippen molar-refractivity contribution < 1.29 is 4.39 Å². The largest absolute Gasteiger partial charge is 0.306 e. The van der Waals surface area contributed by atoms with Crippen molar-refractivity contribution in [1.29, 1.82) is 0 Å². The Morgan fingerprint density at radius 1 is 1.18 bits per heavy atom. The number of hydrogen-bond acceptors (Lipinski definition) is 3. The molecule has 0 saturated heterocycles. The predicted molar refractivity (Wildman–Crippen MR) is 81.5 cm³/mol. The van der Waals surface area contributed by atoms with Gasteiger partial charge in [0.05, 0.1) is 16.6 Å². The molecule has 7 heteroatoms. The van der Waals surface area contributed by atoms with E-state index in [0.29, 0.717) is 27.4 Å². The molecule has 1 aromatic carbocycles. The van der Waals surface area contributed by atoms with E-state index < -0.39 is 5.82 Å². The van der Waals surface area contributed by atoms with E-state index in [0.717, 1.165) is 5.56 Å². The third kappa shape index (κ3) is 1.96. The highest BCUT2D eigenvalue weighted by Crippen LogP contribution is 2.22. The number of nitrogens with one attached hydrogen (secondary N) is 1. The van der Waals surface area contributed by atoms with Crippen molar-refractivity contribution in [2.24, 2.45) is 0 Å². The molecule has 0 spiro atoms. The first kappa shape index (κ1) is 13.0. The highest BCUT2D eigenvalue weighted by Gasteiger charge is 2.11. The molecule has 22 heavy (non-hydrogen) atoms. The minimum Gasteiger partial charge on any atom is -0.306 e. The first-order valence-corrected chi connectivity index (χ1v) is 6.83. The van der Waals surface area contributed by atoms with Crippen molar-refractivity contribution in [1.82, 2.24) is 19.6 Å². The van der Waals surface area contributed by atoms with Crippen molar-refractivity contribution in [2.45, 2.75) is 0 Å². The highest BCUT2D eigenvalue weighted by atomic mass is 35.5. The molecule has 0 saturated carbocycles. The van der Waals surface area contributed by atoms with Crippen LogP contribution in [0.5, 0.6) is 0 Å². The summed E-state index contributed by atoms with van der Waals surface area (Å²) in [6, 6.07) is 9.11. The molecule has 0 aliphatic rings. The molecule has 3 heterocycles. The summed E-state index contributed by atoms with van der Waals surface area (Å²) in [6.07, 6.45) is 1.57. The summed E-state index contributed by atoms with van der Waals surface area (Å²) < 4.78 is 15.0. The number of aromatic amines is 1. The van der Waals surface area contributed by atoms with Crippen LogP contribution >= 0.6 is 11.6 Å². The number of H-pyrrole nitrogens is 1. The second-order valence-electron chi connectivity index (χ2n) is 4.81. The number of rotatable bonds is 1. The Balaban J connectivity index is 2.07. The average molecular weight is 315 g/mol. The molecule has 1 N–H and O–H groups in total. The van der Waals surface area contributed by atoms with Crippen LogP contribution in [0.25, 0.3) is 27.8 Å². The molecule has 3 aromatic heterocycles. The zero-order valence-electron chi connectivity index (χ0n) is 11.0. The van der Waals surface area contributed by atoms with E-state index in [-0.39, 0.29) is 5.56 Å². The molecule has 5 nitrogen and oxygen atoms in total. The normalized spacial score (nSPS) is 11.4. The van der Waals surface area contributed by atoms with Gasteiger partial charge >= 0.3 is 0 Å². The fraction of sp³-hybridized carbons (Fsp3) is 0. The topological polar surface area (TPSA) is 63.0 Å². The van der Waals surface area contributed by atoms with Crippen molar-refractivity contribution in [3.63, 3.8) is 0 Å². The number of benzene rings is 1. The lowest BCUT2D eigenvalue weighted by atomic mass is 10.2. The maximum Gasteiger partial charge on any atom is 0.259 e. The third-order valence-corrected chi connectivity index (χ3v) is 3.61. The van der Waals surface area contributed by atoms with E-state index in [1.807, 2.05) is 0 Å². The molecule has 0 unspecified atom stereocenters. The fourth-order valence-electron chi connectivity index (χ4n) is 2.41.